The fourth-order valence-corrected chi connectivity index (χ4v) is 3.09. The third-order valence-electron chi connectivity index (χ3n) is 4.87. The van der Waals surface area contributed by atoms with Crippen LogP contribution in [0.5, 0.6) is 11.5 Å². The van der Waals surface area contributed by atoms with Gasteiger partial charge < -0.3 is 35.6 Å². The minimum atomic E-state index is -1.95. The number of carbonyl (C=O) groups excluding carboxylic acids is 2. The number of amides is 1. The summed E-state index contributed by atoms with van der Waals surface area (Å²) in [5, 5.41) is 52.1. The average Bonchev–Trinajstić information content (AvgIpc) is 3.44. The molecular formula is C19H23NO8. The minimum absolute atomic E-state index is 0.00572. The van der Waals surface area contributed by atoms with Gasteiger partial charge in [0.25, 0.3) is 5.91 Å². The second kappa shape index (κ2) is 7.78. The van der Waals surface area contributed by atoms with Gasteiger partial charge in [0.05, 0.1) is 6.10 Å². The Morgan fingerprint density at radius 2 is 1.86 bits per heavy atom. The minimum Gasteiger partial charge on any atom is -0.504 e. The van der Waals surface area contributed by atoms with Gasteiger partial charge in [-0.3, -0.25) is 4.79 Å². The fraction of sp³-hybridized carbons (Fsp3) is 0.474. The quantitative estimate of drug-likeness (QED) is 0.223. The van der Waals surface area contributed by atoms with E-state index in [2.05, 4.69) is 5.32 Å². The van der Waals surface area contributed by atoms with Crippen molar-refractivity contribution in [2.24, 2.45) is 0 Å². The number of aliphatic hydroxyl groups excluding tert-OH is 2. The maximum Gasteiger partial charge on any atom is 0.331 e. The molecule has 9 heteroatoms. The van der Waals surface area contributed by atoms with Crippen LogP contribution in [0.25, 0.3) is 6.08 Å². The van der Waals surface area contributed by atoms with Crippen molar-refractivity contribution < 1.29 is 39.9 Å². The summed E-state index contributed by atoms with van der Waals surface area (Å²) in [6.07, 6.45) is -0.853. The number of hydrogen-bond donors (Lipinski definition) is 6. The van der Waals surface area contributed by atoms with Gasteiger partial charge in [0.15, 0.2) is 11.5 Å². The topological polar surface area (TPSA) is 157 Å². The van der Waals surface area contributed by atoms with Crippen molar-refractivity contribution >= 4 is 18.0 Å². The third-order valence-corrected chi connectivity index (χ3v) is 4.87. The van der Waals surface area contributed by atoms with Gasteiger partial charge in [-0.25, -0.2) is 4.79 Å². The molecule has 2 saturated carbocycles. The number of hydrogen-bond acceptors (Lipinski definition) is 8. The lowest BCUT2D eigenvalue weighted by atomic mass is 9.79. The molecule has 0 aliphatic heterocycles. The van der Waals surface area contributed by atoms with E-state index in [0.29, 0.717) is 5.56 Å². The first-order valence-electron chi connectivity index (χ1n) is 8.98. The van der Waals surface area contributed by atoms with E-state index in [4.69, 9.17) is 4.74 Å². The van der Waals surface area contributed by atoms with Crippen molar-refractivity contribution in [3.05, 3.63) is 29.8 Å². The molecular weight excluding hydrogens is 370 g/mol. The number of ether oxygens (including phenoxy) is 1. The van der Waals surface area contributed by atoms with E-state index in [1.165, 1.54) is 24.3 Å². The van der Waals surface area contributed by atoms with Gasteiger partial charge in [-0.05, 0) is 36.6 Å². The van der Waals surface area contributed by atoms with Gasteiger partial charge in [-0.15, -0.1) is 0 Å². The largest absolute Gasteiger partial charge is 0.504 e. The predicted octanol–water partition coefficient (Wildman–Crippen LogP) is -0.452. The van der Waals surface area contributed by atoms with Crippen molar-refractivity contribution in [1.29, 1.82) is 0 Å². The van der Waals surface area contributed by atoms with Crippen LogP contribution in [0.15, 0.2) is 24.3 Å². The number of nitrogens with one attached hydrogen (secondary N) is 1. The second-order valence-corrected chi connectivity index (χ2v) is 7.30. The van der Waals surface area contributed by atoms with E-state index in [1.807, 2.05) is 0 Å². The predicted molar refractivity (Wildman–Crippen MR) is 96.0 cm³/mol. The lowest BCUT2D eigenvalue weighted by Gasteiger charge is -2.40. The SMILES string of the molecule is O=C(/C=C/c1ccc(O)c(O)c1)O[C@@H]1C[C@@](O)(C(=O)NC2CC2)C[C@@H](O)[C@@H]1O. The van der Waals surface area contributed by atoms with Crippen LogP contribution in [0.1, 0.15) is 31.2 Å². The highest BCUT2D eigenvalue weighted by Crippen LogP contribution is 2.33. The summed E-state index contributed by atoms with van der Waals surface area (Å²) in [6, 6.07) is 3.95. The Balaban J connectivity index is 1.64. The standard InChI is InChI=1S/C19H23NO8/c21-12-5-1-10(7-13(12)22)2-6-16(24)28-15-9-19(27,8-14(23)17(15)25)18(26)20-11-3-4-11/h1-2,5-7,11,14-15,17,21-23,25,27H,3-4,8-9H2,(H,20,26)/b6-2+/t14-,15-,17+,19-/m1/s1. The van der Waals surface area contributed by atoms with Crippen molar-refractivity contribution in [2.75, 3.05) is 0 Å². The molecule has 28 heavy (non-hydrogen) atoms. The molecule has 1 amide bonds. The lowest BCUT2D eigenvalue weighted by Crippen LogP contribution is -2.60. The monoisotopic (exact) mass is 393 g/mol. The zero-order valence-corrected chi connectivity index (χ0v) is 15.0. The normalized spacial score (nSPS) is 30.2. The maximum absolute atomic E-state index is 12.3. The molecule has 0 spiro atoms. The van der Waals surface area contributed by atoms with E-state index in [1.54, 1.807) is 0 Å². The van der Waals surface area contributed by atoms with Crippen LogP contribution < -0.4 is 5.32 Å². The molecule has 4 atom stereocenters. The number of esters is 1. The van der Waals surface area contributed by atoms with Crippen LogP contribution in [0.2, 0.25) is 0 Å². The van der Waals surface area contributed by atoms with Crippen LogP contribution in [0.4, 0.5) is 0 Å². The van der Waals surface area contributed by atoms with Crippen LogP contribution >= 0.6 is 0 Å². The smallest absolute Gasteiger partial charge is 0.331 e. The Hall–Kier alpha value is -2.62. The number of carbonyl (C=O) groups is 2. The van der Waals surface area contributed by atoms with Gasteiger partial charge in [0.1, 0.15) is 17.8 Å². The molecule has 3 rings (SSSR count). The summed E-state index contributed by atoms with van der Waals surface area (Å²) in [6.45, 7) is 0. The Morgan fingerprint density at radius 3 is 2.50 bits per heavy atom. The van der Waals surface area contributed by atoms with Crippen molar-refractivity contribution in [3.63, 3.8) is 0 Å². The zero-order valence-electron chi connectivity index (χ0n) is 15.0. The Kier molecular flexibility index (Phi) is 5.59. The van der Waals surface area contributed by atoms with Crippen LogP contribution in [-0.4, -0.2) is 67.4 Å². The maximum atomic E-state index is 12.3. The van der Waals surface area contributed by atoms with Gasteiger partial charge in [-0.2, -0.15) is 0 Å². The Morgan fingerprint density at radius 1 is 1.14 bits per heavy atom. The summed E-state index contributed by atoms with van der Waals surface area (Å²) >= 11 is 0. The molecule has 1 aromatic rings. The third kappa shape index (κ3) is 4.61. The Labute approximate surface area is 160 Å². The molecule has 0 saturated heterocycles. The highest BCUT2D eigenvalue weighted by atomic mass is 16.6. The van der Waals surface area contributed by atoms with Crippen LogP contribution in [0.3, 0.4) is 0 Å². The molecule has 0 unspecified atom stereocenters. The zero-order chi connectivity index (χ0) is 20.5. The lowest BCUT2D eigenvalue weighted by molar-refractivity contribution is -0.187. The molecule has 152 valence electrons. The molecule has 0 aromatic heterocycles. The van der Waals surface area contributed by atoms with Crippen LogP contribution in [0, 0.1) is 0 Å². The van der Waals surface area contributed by atoms with E-state index in [9.17, 15) is 35.1 Å². The van der Waals surface area contributed by atoms with Gasteiger partial charge in [-0.1, -0.05) is 6.07 Å². The summed E-state index contributed by atoms with van der Waals surface area (Å²) in [5.41, 5.74) is -1.53. The first-order chi connectivity index (χ1) is 13.2. The fourth-order valence-electron chi connectivity index (χ4n) is 3.09. The summed E-state index contributed by atoms with van der Waals surface area (Å²) in [7, 11) is 0. The first kappa shape index (κ1) is 20.1. The molecule has 9 nitrogen and oxygen atoms in total. The van der Waals surface area contributed by atoms with Gasteiger partial charge >= 0.3 is 5.97 Å². The highest BCUT2D eigenvalue weighted by molar-refractivity contribution is 5.88. The number of phenolic OH excluding ortho intramolecular Hbond substituents is 2. The number of benzene rings is 1. The molecule has 1 aromatic carbocycles. The number of rotatable bonds is 5. The Bertz CT molecular complexity index is 790. The summed E-state index contributed by atoms with van der Waals surface area (Å²) in [5.74, 6) is -2.18. The molecule has 2 fully saturated rings. The van der Waals surface area contributed by atoms with Crippen molar-refractivity contribution in [3.8, 4) is 11.5 Å². The van der Waals surface area contributed by atoms with E-state index < -0.39 is 35.8 Å². The first-order valence-corrected chi connectivity index (χ1v) is 8.98. The van der Waals surface area contributed by atoms with Gasteiger partial charge in [0.2, 0.25) is 0 Å². The van der Waals surface area contributed by atoms with Crippen molar-refractivity contribution in [2.45, 2.75) is 55.6 Å². The molecule has 2 aliphatic rings. The molecule has 0 heterocycles. The second-order valence-electron chi connectivity index (χ2n) is 7.30. The molecule has 2 aliphatic carbocycles. The number of aromatic hydroxyl groups is 2. The number of aliphatic hydroxyl groups is 3. The summed E-state index contributed by atoms with van der Waals surface area (Å²) in [4.78, 5) is 24.3. The van der Waals surface area contributed by atoms with Crippen LogP contribution in [-0.2, 0) is 14.3 Å². The summed E-state index contributed by atoms with van der Waals surface area (Å²) < 4.78 is 5.13. The average molecular weight is 393 g/mol. The van der Waals surface area contributed by atoms with Gasteiger partial charge in [0, 0.05) is 25.0 Å². The number of phenols is 2. The molecule has 0 bridgehead atoms. The van der Waals surface area contributed by atoms with Crippen molar-refractivity contribution in [1.82, 2.24) is 5.32 Å². The van der Waals surface area contributed by atoms with E-state index in [0.717, 1.165) is 18.9 Å². The molecule has 0 radical (unpaired) electrons. The van der Waals surface area contributed by atoms with E-state index in [-0.39, 0.29) is 30.4 Å². The highest BCUT2D eigenvalue weighted by Gasteiger charge is 2.50. The molecule has 6 N–H and O–H groups in total. The van der Waals surface area contributed by atoms with E-state index >= 15 is 0 Å².